The molecule has 1 aliphatic rings. The maximum Gasteiger partial charge on any atom is 1.00 e. The van der Waals surface area contributed by atoms with Crippen LogP contribution in [-0.4, -0.2) is 10.7 Å². The molecule has 0 N–H and O–H groups in total. The molecule has 1 rings (SSSR count). The monoisotopic (exact) mass is 123 g/mol. The molecule has 1 amide bonds. The second kappa shape index (κ2) is 2.34. The Balaban J connectivity index is 0.000000490. The van der Waals surface area contributed by atoms with E-state index in [0.717, 1.165) is 0 Å². The fourth-order valence-electron chi connectivity index (χ4n) is 0.265. The van der Waals surface area contributed by atoms with E-state index in [1.54, 1.807) is 0 Å². The third-order valence-corrected chi connectivity index (χ3v) is 1.76. The smallest absolute Gasteiger partial charge is 0.598 e. The molecular weight excluding hydrogens is 117 g/mol. The minimum absolute atomic E-state index is 0. The average molecular weight is 123 g/mol. The SMILES string of the molecule is CC1(C)S[N-]C1=O.[Li+]. The second-order valence-corrected chi connectivity index (χ2v) is 3.38. The van der Waals surface area contributed by atoms with E-state index < -0.39 is 0 Å². The number of amides is 1. The van der Waals surface area contributed by atoms with Crippen molar-refractivity contribution in [3.63, 3.8) is 0 Å². The quantitative estimate of drug-likeness (QED) is 0.285. The molecule has 1 saturated heterocycles. The molecule has 0 saturated carbocycles. The van der Waals surface area contributed by atoms with Crippen LogP contribution >= 0.6 is 11.9 Å². The summed E-state index contributed by atoms with van der Waals surface area (Å²) < 4.78 is 3.29. The van der Waals surface area contributed by atoms with E-state index in [9.17, 15) is 4.79 Å². The first-order chi connectivity index (χ1) is 3.13. The van der Waals surface area contributed by atoms with Gasteiger partial charge < -0.3 is 9.52 Å². The van der Waals surface area contributed by atoms with Crippen molar-refractivity contribution < 1.29 is 23.7 Å². The molecule has 0 aromatic heterocycles. The molecule has 4 heteroatoms. The number of rotatable bonds is 0. The van der Waals surface area contributed by atoms with Crippen LogP contribution in [0.4, 0.5) is 0 Å². The number of carbonyl (C=O) groups is 1. The minimum atomic E-state index is -0.208. The molecule has 0 bridgehead atoms. The summed E-state index contributed by atoms with van der Waals surface area (Å²) in [6.07, 6.45) is 0. The van der Waals surface area contributed by atoms with Gasteiger partial charge in [0, 0.05) is 4.75 Å². The first-order valence-electron chi connectivity index (χ1n) is 2.06. The molecule has 1 heterocycles. The van der Waals surface area contributed by atoms with E-state index in [0.29, 0.717) is 0 Å². The molecule has 0 aromatic carbocycles. The minimum Gasteiger partial charge on any atom is -0.598 e. The van der Waals surface area contributed by atoms with Crippen LogP contribution in [0, 0.1) is 0 Å². The van der Waals surface area contributed by atoms with Crippen LogP contribution in [0.1, 0.15) is 13.8 Å². The van der Waals surface area contributed by atoms with Crippen molar-refractivity contribution in [2.24, 2.45) is 0 Å². The molecule has 0 aromatic rings. The van der Waals surface area contributed by atoms with Gasteiger partial charge in [-0.1, -0.05) is 0 Å². The molecule has 0 unspecified atom stereocenters. The molecule has 40 valence electrons. The van der Waals surface area contributed by atoms with Crippen molar-refractivity contribution in [3.8, 4) is 0 Å². The van der Waals surface area contributed by atoms with E-state index in [1.165, 1.54) is 11.9 Å². The van der Waals surface area contributed by atoms with E-state index in [4.69, 9.17) is 0 Å². The van der Waals surface area contributed by atoms with Crippen molar-refractivity contribution in [3.05, 3.63) is 4.72 Å². The molecular formula is C4H6LiNOS. The van der Waals surface area contributed by atoms with Crippen LogP contribution in [0.3, 0.4) is 0 Å². The molecule has 0 radical (unpaired) electrons. The van der Waals surface area contributed by atoms with Gasteiger partial charge in [-0.15, -0.1) is 0 Å². The summed E-state index contributed by atoms with van der Waals surface area (Å²) >= 11 is 1.35. The Hall–Kier alpha value is 0.417. The van der Waals surface area contributed by atoms with Crippen LogP contribution in [0.2, 0.25) is 0 Å². The summed E-state index contributed by atoms with van der Waals surface area (Å²) in [7, 11) is 0. The molecule has 8 heavy (non-hydrogen) atoms. The fourth-order valence-corrected chi connectivity index (χ4v) is 0.796. The number of hydrogen-bond acceptors (Lipinski definition) is 2. The first-order valence-corrected chi connectivity index (χ1v) is 2.84. The van der Waals surface area contributed by atoms with Gasteiger partial charge in [0.25, 0.3) is 0 Å². The van der Waals surface area contributed by atoms with Gasteiger partial charge in [0.1, 0.15) is 0 Å². The van der Waals surface area contributed by atoms with Crippen molar-refractivity contribution >= 4 is 17.9 Å². The maximum absolute atomic E-state index is 10.4. The van der Waals surface area contributed by atoms with Gasteiger partial charge in [-0.05, 0) is 13.8 Å². The van der Waals surface area contributed by atoms with Crippen LogP contribution in [0.15, 0.2) is 0 Å². The standard InChI is InChI=1S/C4H7NOS.Li/c1-4(2)3(6)5-7-4;/h1-2H3,(H,5,6);/q;+1/p-1. The summed E-state index contributed by atoms with van der Waals surface area (Å²) in [4.78, 5) is 10.4. The molecule has 1 fully saturated rings. The average Bonchev–Trinajstić information content (AvgIpc) is 1.63. The Morgan fingerprint density at radius 3 is 2.00 bits per heavy atom. The summed E-state index contributed by atoms with van der Waals surface area (Å²) in [5.41, 5.74) is 0. The summed E-state index contributed by atoms with van der Waals surface area (Å²) in [5.74, 6) is 0.0116. The predicted octanol–water partition coefficient (Wildman–Crippen LogP) is -1.67. The largest absolute Gasteiger partial charge is 1.00 e. The molecule has 1 aliphatic heterocycles. The fraction of sp³-hybridized carbons (Fsp3) is 0.750. The summed E-state index contributed by atoms with van der Waals surface area (Å²) in [6, 6.07) is 0. The normalized spacial score (nSPS) is 22.5. The zero-order valence-electron chi connectivity index (χ0n) is 5.26. The van der Waals surface area contributed by atoms with E-state index in [2.05, 4.69) is 4.72 Å². The van der Waals surface area contributed by atoms with Gasteiger partial charge >= 0.3 is 18.9 Å². The van der Waals surface area contributed by atoms with Crippen molar-refractivity contribution in [2.75, 3.05) is 0 Å². The maximum atomic E-state index is 10.4. The Bertz CT molecular complexity index is 115. The predicted molar refractivity (Wildman–Crippen MR) is 30.0 cm³/mol. The van der Waals surface area contributed by atoms with Crippen LogP contribution in [0.5, 0.6) is 0 Å². The molecule has 2 nitrogen and oxygen atoms in total. The number of nitrogens with zero attached hydrogens (tertiary/aromatic N) is 1. The van der Waals surface area contributed by atoms with Crippen LogP contribution in [0.25, 0.3) is 4.72 Å². The van der Waals surface area contributed by atoms with Gasteiger partial charge in [-0.2, -0.15) is 0 Å². The van der Waals surface area contributed by atoms with Crippen LogP contribution < -0.4 is 18.9 Å². The molecule has 0 spiro atoms. The van der Waals surface area contributed by atoms with Crippen molar-refractivity contribution in [1.29, 1.82) is 0 Å². The second-order valence-electron chi connectivity index (χ2n) is 2.00. The number of hydrogen-bond donors (Lipinski definition) is 0. The Kier molecular flexibility index (Phi) is 2.47. The molecule has 0 atom stereocenters. The van der Waals surface area contributed by atoms with E-state index in [1.807, 2.05) is 13.8 Å². The van der Waals surface area contributed by atoms with Gasteiger partial charge in [-0.25, -0.2) is 11.9 Å². The zero-order chi connectivity index (χ0) is 5.49. The Morgan fingerprint density at radius 2 is 2.00 bits per heavy atom. The Morgan fingerprint density at radius 1 is 1.62 bits per heavy atom. The third-order valence-electron chi connectivity index (χ3n) is 0.872. The number of carbonyl (C=O) groups excluding carboxylic acids is 1. The topological polar surface area (TPSA) is 31.2 Å². The van der Waals surface area contributed by atoms with Crippen molar-refractivity contribution in [1.82, 2.24) is 0 Å². The van der Waals surface area contributed by atoms with Gasteiger partial charge in [0.05, 0.1) is 5.91 Å². The van der Waals surface area contributed by atoms with E-state index >= 15 is 0 Å². The van der Waals surface area contributed by atoms with Crippen molar-refractivity contribution in [2.45, 2.75) is 18.6 Å². The van der Waals surface area contributed by atoms with Gasteiger partial charge in [-0.3, -0.25) is 0 Å². The van der Waals surface area contributed by atoms with Gasteiger partial charge in [0.2, 0.25) is 0 Å². The van der Waals surface area contributed by atoms with Gasteiger partial charge in [0.15, 0.2) is 0 Å². The summed E-state index contributed by atoms with van der Waals surface area (Å²) in [6.45, 7) is 3.74. The van der Waals surface area contributed by atoms with E-state index in [-0.39, 0.29) is 29.5 Å². The Labute approximate surface area is 65.1 Å². The molecule has 0 aliphatic carbocycles. The zero-order valence-corrected chi connectivity index (χ0v) is 6.08. The van der Waals surface area contributed by atoms with Crippen LogP contribution in [-0.2, 0) is 4.79 Å². The summed E-state index contributed by atoms with van der Waals surface area (Å²) in [5, 5.41) is 0. The first kappa shape index (κ1) is 8.42. The third kappa shape index (κ3) is 1.22.